The molecule has 7 nitrogen and oxygen atoms in total. The number of carbonyl (C=O) groups is 3. The lowest BCUT2D eigenvalue weighted by Crippen LogP contribution is -2.54. The number of carbonyl (C=O) groups excluding carboxylic acids is 3. The van der Waals surface area contributed by atoms with Crippen molar-refractivity contribution in [3.63, 3.8) is 0 Å². The van der Waals surface area contributed by atoms with Crippen LogP contribution in [0.1, 0.15) is 26.7 Å². The summed E-state index contributed by atoms with van der Waals surface area (Å²) < 4.78 is 0. The first kappa shape index (κ1) is 19.7. The summed E-state index contributed by atoms with van der Waals surface area (Å²) in [4.78, 5) is 35.0. The van der Waals surface area contributed by atoms with Gasteiger partial charge < -0.3 is 22.1 Å². The molecular weight excluding hydrogens is 292 g/mol. The fourth-order valence-corrected chi connectivity index (χ4v) is 2.22. The fourth-order valence-electron chi connectivity index (χ4n) is 1.75. The highest BCUT2D eigenvalue weighted by Gasteiger charge is 2.25. The van der Waals surface area contributed by atoms with Gasteiger partial charge in [-0.1, -0.05) is 13.8 Å². The Balaban J connectivity index is 4.75. The molecule has 122 valence electrons. The summed E-state index contributed by atoms with van der Waals surface area (Å²) in [5.74, 6) is -0.480. The van der Waals surface area contributed by atoms with E-state index in [0.717, 1.165) is 0 Å². The van der Waals surface area contributed by atoms with E-state index in [0.29, 0.717) is 18.6 Å². The summed E-state index contributed by atoms with van der Waals surface area (Å²) in [5.41, 5.74) is 10.5. The summed E-state index contributed by atoms with van der Waals surface area (Å²) in [6.07, 6.45) is 2.83. The number of thioether (sulfide) groups is 1. The van der Waals surface area contributed by atoms with E-state index in [4.69, 9.17) is 11.5 Å². The summed E-state index contributed by atoms with van der Waals surface area (Å²) in [6, 6.07) is -1.44. The lowest BCUT2D eigenvalue weighted by Gasteiger charge is -2.22. The molecule has 0 aliphatic rings. The van der Waals surface area contributed by atoms with Gasteiger partial charge in [-0.05, 0) is 30.8 Å². The minimum absolute atomic E-state index is 0.187. The molecule has 21 heavy (non-hydrogen) atoms. The van der Waals surface area contributed by atoms with Gasteiger partial charge in [-0.15, -0.1) is 0 Å². The minimum atomic E-state index is -0.727. The number of nitrogens with two attached hydrogens (primary N) is 2. The molecule has 0 rings (SSSR count). The van der Waals surface area contributed by atoms with E-state index in [1.165, 1.54) is 0 Å². The highest BCUT2D eigenvalue weighted by Crippen LogP contribution is 2.07. The van der Waals surface area contributed by atoms with E-state index in [-0.39, 0.29) is 12.5 Å². The molecular formula is C13H26N4O3S. The fraction of sp³-hybridized carbons (Fsp3) is 0.769. The van der Waals surface area contributed by atoms with Gasteiger partial charge >= 0.3 is 0 Å². The Hall–Kier alpha value is -1.28. The van der Waals surface area contributed by atoms with Crippen molar-refractivity contribution in [1.82, 2.24) is 10.6 Å². The van der Waals surface area contributed by atoms with Crippen LogP contribution in [0.5, 0.6) is 0 Å². The highest BCUT2D eigenvalue weighted by atomic mass is 32.2. The maximum atomic E-state index is 12.2. The number of hydrogen-bond donors (Lipinski definition) is 4. The van der Waals surface area contributed by atoms with Gasteiger partial charge in [0.05, 0.1) is 6.54 Å². The highest BCUT2D eigenvalue weighted by molar-refractivity contribution is 7.98. The molecule has 6 N–H and O–H groups in total. The first-order valence-corrected chi connectivity index (χ1v) is 8.29. The van der Waals surface area contributed by atoms with Crippen LogP contribution in [0.4, 0.5) is 0 Å². The van der Waals surface area contributed by atoms with Crippen molar-refractivity contribution in [2.45, 2.75) is 38.8 Å². The van der Waals surface area contributed by atoms with Crippen molar-refractivity contribution in [3.8, 4) is 0 Å². The average Bonchev–Trinajstić information content (AvgIpc) is 2.41. The maximum Gasteiger partial charge on any atom is 0.243 e. The van der Waals surface area contributed by atoms with Gasteiger partial charge in [0.1, 0.15) is 12.1 Å². The monoisotopic (exact) mass is 318 g/mol. The Morgan fingerprint density at radius 2 is 1.76 bits per heavy atom. The van der Waals surface area contributed by atoms with Crippen LogP contribution in [-0.2, 0) is 14.4 Å². The van der Waals surface area contributed by atoms with Gasteiger partial charge in [-0.2, -0.15) is 11.8 Å². The Morgan fingerprint density at radius 1 is 1.14 bits per heavy atom. The van der Waals surface area contributed by atoms with E-state index in [1.54, 1.807) is 11.8 Å². The lowest BCUT2D eigenvalue weighted by molar-refractivity contribution is -0.131. The molecule has 2 atom stereocenters. The van der Waals surface area contributed by atoms with Crippen LogP contribution in [0, 0.1) is 5.92 Å². The normalized spacial score (nSPS) is 13.6. The summed E-state index contributed by atoms with van der Waals surface area (Å²) >= 11 is 1.56. The summed E-state index contributed by atoms with van der Waals surface area (Å²) in [6.45, 7) is 3.69. The molecule has 0 aliphatic heterocycles. The van der Waals surface area contributed by atoms with Crippen molar-refractivity contribution in [3.05, 3.63) is 0 Å². The van der Waals surface area contributed by atoms with Gasteiger partial charge in [0.2, 0.25) is 17.7 Å². The molecule has 0 fully saturated rings. The molecule has 0 aromatic rings. The lowest BCUT2D eigenvalue weighted by atomic mass is 10.0. The van der Waals surface area contributed by atoms with Crippen LogP contribution >= 0.6 is 11.8 Å². The average molecular weight is 318 g/mol. The molecule has 0 radical (unpaired) electrons. The van der Waals surface area contributed by atoms with Gasteiger partial charge in [0, 0.05) is 0 Å². The molecule has 0 spiro atoms. The van der Waals surface area contributed by atoms with Crippen molar-refractivity contribution >= 4 is 29.5 Å². The minimum Gasteiger partial charge on any atom is -0.368 e. The molecule has 0 saturated heterocycles. The maximum absolute atomic E-state index is 12.2. The zero-order valence-electron chi connectivity index (χ0n) is 12.8. The van der Waals surface area contributed by atoms with Crippen LogP contribution in [0.25, 0.3) is 0 Å². The first-order chi connectivity index (χ1) is 9.81. The summed E-state index contributed by atoms with van der Waals surface area (Å²) in [5, 5.41) is 5.17. The quantitative estimate of drug-likeness (QED) is 0.419. The second kappa shape index (κ2) is 10.4. The number of amides is 3. The third-order valence-electron chi connectivity index (χ3n) is 2.81. The topological polar surface area (TPSA) is 127 Å². The standard InChI is InChI=1S/C13H26N4O3S/c1-8(2)6-10(16-11(18)7-14)13(20)17-9(12(15)19)4-5-21-3/h8-10H,4-7,14H2,1-3H3,(H2,15,19)(H,16,18)(H,17,20)/t9-,10+/m1/s1. The van der Waals surface area contributed by atoms with Crippen LogP contribution < -0.4 is 22.1 Å². The van der Waals surface area contributed by atoms with E-state index in [9.17, 15) is 14.4 Å². The number of primary amides is 1. The van der Waals surface area contributed by atoms with E-state index in [1.807, 2.05) is 20.1 Å². The van der Waals surface area contributed by atoms with Crippen LogP contribution in [0.15, 0.2) is 0 Å². The zero-order valence-corrected chi connectivity index (χ0v) is 13.7. The van der Waals surface area contributed by atoms with Crippen LogP contribution in [0.3, 0.4) is 0 Å². The molecule has 0 aliphatic carbocycles. The second-order valence-corrected chi connectivity index (χ2v) is 6.18. The molecule has 0 unspecified atom stereocenters. The van der Waals surface area contributed by atoms with Gasteiger partial charge in [-0.25, -0.2) is 0 Å². The van der Waals surface area contributed by atoms with Gasteiger partial charge in [0.15, 0.2) is 0 Å². The number of nitrogens with one attached hydrogen (secondary N) is 2. The molecule has 0 aromatic heterocycles. The van der Waals surface area contributed by atoms with Crippen LogP contribution in [0.2, 0.25) is 0 Å². The largest absolute Gasteiger partial charge is 0.368 e. The molecule has 0 aromatic carbocycles. The molecule has 0 bridgehead atoms. The van der Waals surface area contributed by atoms with Gasteiger partial charge in [0.25, 0.3) is 0 Å². The van der Waals surface area contributed by atoms with Crippen molar-refractivity contribution < 1.29 is 14.4 Å². The first-order valence-electron chi connectivity index (χ1n) is 6.89. The van der Waals surface area contributed by atoms with E-state index >= 15 is 0 Å². The Bertz CT molecular complexity index is 363. The van der Waals surface area contributed by atoms with E-state index < -0.39 is 29.8 Å². The molecule has 3 amide bonds. The Morgan fingerprint density at radius 3 is 2.19 bits per heavy atom. The van der Waals surface area contributed by atoms with Gasteiger partial charge in [-0.3, -0.25) is 14.4 Å². The number of hydrogen-bond acceptors (Lipinski definition) is 5. The zero-order chi connectivity index (χ0) is 16.4. The smallest absolute Gasteiger partial charge is 0.243 e. The number of rotatable bonds is 10. The van der Waals surface area contributed by atoms with Crippen molar-refractivity contribution in [2.24, 2.45) is 17.4 Å². The van der Waals surface area contributed by atoms with Crippen molar-refractivity contribution in [2.75, 3.05) is 18.6 Å². The van der Waals surface area contributed by atoms with Crippen molar-refractivity contribution in [1.29, 1.82) is 0 Å². The SMILES string of the molecule is CSCC[C@@H](NC(=O)[C@H](CC(C)C)NC(=O)CN)C(N)=O. The summed E-state index contributed by atoms with van der Waals surface area (Å²) in [7, 11) is 0. The predicted octanol–water partition coefficient (Wildman–Crippen LogP) is -0.801. The third kappa shape index (κ3) is 8.56. The molecule has 0 heterocycles. The Labute approximate surface area is 130 Å². The molecule has 0 saturated carbocycles. The third-order valence-corrected chi connectivity index (χ3v) is 3.46. The van der Waals surface area contributed by atoms with Crippen LogP contribution in [-0.4, -0.2) is 48.4 Å². The second-order valence-electron chi connectivity index (χ2n) is 5.20. The molecule has 8 heteroatoms. The van der Waals surface area contributed by atoms with E-state index in [2.05, 4.69) is 10.6 Å². The predicted molar refractivity (Wildman–Crippen MR) is 84.6 cm³/mol. The Kier molecular flexibility index (Phi) is 9.81.